The Morgan fingerprint density at radius 3 is 2.69 bits per heavy atom. The summed E-state index contributed by atoms with van der Waals surface area (Å²) in [5.74, 6) is -0.487. The van der Waals surface area contributed by atoms with Crippen molar-refractivity contribution in [3.05, 3.63) is 39.9 Å². The number of nitrogens with one attached hydrogen (secondary N) is 2. The van der Waals surface area contributed by atoms with Crippen molar-refractivity contribution in [3.8, 4) is 0 Å². The molecule has 154 valence electrons. The van der Waals surface area contributed by atoms with Crippen LogP contribution >= 0.6 is 0 Å². The molecule has 1 aromatic carbocycles. The van der Waals surface area contributed by atoms with Gasteiger partial charge in [0.05, 0.1) is 10.9 Å². The van der Waals surface area contributed by atoms with Gasteiger partial charge in [-0.15, -0.1) is 0 Å². The van der Waals surface area contributed by atoms with E-state index in [-0.39, 0.29) is 30.9 Å². The fraction of sp³-hybridized carbons (Fsp3) is 0.450. The lowest BCUT2D eigenvalue weighted by molar-refractivity contribution is -0.135. The molecule has 29 heavy (non-hydrogen) atoms. The molecule has 2 heterocycles. The van der Waals surface area contributed by atoms with Gasteiger partial charge in [-0.1, -0.05) is 12.1 Å². The summed E-state index contributed by atoms with van der Waals surface area (Å²) in [4.78, 5) is 53.5. The van der Waals surface area contributed by atoms with Gasteiger partial charge in [0.2, 0.25) is 11.8 Å². The van der Waals surface area contributed by atoms with Gasteiger partial charge in [-0.25, -0.2) is 9.78 Å². The van der Waals surface area contributed by atoms with E-state index in [4.69, 9.17) is 4.74 Å². The number of piperidine rings is 1. The van der Waals surface area contributed by atoms with Crippen LogP contribution in [0.25, 0.3) is 10.9 Å². The minimum atomic E-state index is -0.802. The average Bonchev–Trinajstić information content (AvgIpc) is 2.60. The maximum Gasteiger partial charge on any atom is 0.407 e. The predicted octanol–water partition coefficient (Wildman–Crippen LogP) is 1.71. The Morgan fingerprint density at radius 1 is 1.31 bits per heavy atom. The zero-order chi connectivity index (χ0) is 21.3. The number of ether oxygens (including phenoxy) is 1. The maximum atomic E-state index is 13.3. The molecule has 1 atom stereocenters. The molecule has 3 rings (SSSR count). The zero-order valence-electron chi connectivity index (χ0n) is 16.9. The first kappa shape index (κ1) is 20.5. The highest BCUT2D eigenvalue weighted by molar-refractivity contribution is 5.99. The molecule has 0 spiro atoms. The number of alkyl carbamates (subject to hydrolysis) is 1. The number of amides is 3. The Bertz CT molecular complexity index is 1050. The largest absolute Gasteiger partial charge is 0.444 e. The number of aryl methyl sites for hydroxylation is 1. The zero-order valence-corrected chi connectivity index (χ0v) is 16.9. The normalized spacial score (nSPS) is 17.2. The molecule has 9 heteroatoms. The van der Waals surface area contributed by atoms with E-state index in [0.717, 1.165) is 0 Å². The molecule has 1 fully saturated rings. The van der Waals surface area contributed by atoms with E-state index in [0.29, 0.717) is 22.3 Å². The third-order valence-electron chi connectivity index (χ3n) is 4.54. The molecule has 1 aromatic heterocycles. The molecule has 2 aromatic rings. The monoisotopic (exact) mass is 400 g/mol. The van der Waals surface area contributed by atoms with Gasteiger partial charge < -0.3 is 10.1 Å². The molecule has 1 saturated heterocycles. The van der Waals surface area contributed by atoms with Crippen molar-refractivity contribution in [2.24, 2.45) is 0 Å². The van der Waals surface area contributed by atoms with Crippen molar-refractivity contribution in [2.45, 2.75) is 58.7 Å². The fourth-order valence-corrected chi connectivity index (χ4v) is 3.35. The molecule has 0 bridgehead atoms. The molecular weight excluding hydrogens is 376 g/mol. The standard InChI is InChI=1S/C20H24N4O5/c1-11-22-13-7-5-6-12(10-21-19(28)29-20(2,3)4)16(13)18(27)24(11)14-8-9-15(25)23-17(14)26/h5-7,14H,8-10H2,1-4H3,(H,21,28)(H,23,25,26)/t14-/m1/s1. The van der Waals surface area contributed by atoms with Gasteiger partial charge in [0, 0.05) is 13.0 Å². The van der Waals surface area contributed by atoms with Gasteiger partial charge >= 0.3 is 6.09 Å². The fourth-order valence-electron chi connectivity index (χ4n) is 3.35. The Balaban J connectivity index is 1.99. The van der Waals surface area contributed by atoms with Crippen LogP contribution in [-0.2, 0) is 20.9 Å². The molecule has 0 aliphatic carbocycles. The van der Waals surface area contributed by atoms with E-state index in [9.17, 15) is 19.2 Å². The Kier molecular flexibility index (Phi) is 5.41. The highest BCUT2D eigenvalue weighted by Crippen LogP contribution is 2.21. The minimum absolute atomic E-state index is 0.0710. The number of aromatic nitrogens is 2. The lowest BCUT2D eigenvalue weighted by Crippen LogP contribution is -2.45. The Hall–Kier alpha value is -3.23. The summed E-state index contributed by atoms with van der Waals surface area (Å²) in [7, 11) is 0. The van der Waals surface area contributed by atoms with Crippen LogP contribution in [-0.4, -0.2) is 33.1 Å². The molecule has 0 saturated carbocycles. The van der Waals surface area contributed by atoms with E-state index < -0.39 is 23.6 Å². The van der Waals surface area contributed by atoms with Crippen LogP contribution < -0.4 is 16.2 Å². The number of fused-ring (bicyclic) bond motifs is 1. The van der Waals surface area contributed by atoms with Crippen molar-refractivity contribution in [1.29, 1.82) is 0 Å². The molecular formula is C20H24N4O5. The number of carbonyl (C=O) groups excluding carboxylic acids is 3. The second-order valence-electron chi connectivity index (χ2n) is 7.97. The highest BCUT2D eigenvalue weighted by Gasteiger charge is 2.30. The van der Waals surface area contributed by atoms with Crippen molar-refractivity contribution < 1.29 is 19.1 Å². The Labute approximate surface area is 167 Å². The lowest BCUT2D eigenvalue weighted by Gasteiger charge is -2.24. The molecule has 3 amide bonds. The van der Waals surface area contributed by atoms with Gasteiger partial charge in [-0.3, -0.25) is 24.3 Å². The molecule has 2 N–H and O–H groups in total. The molecule has 0 unspecified atom stereocenters. The Morgan fingerprint density at radius 2 is 2.03 bits per heavy atom. The maximum absolute atomic E-state index is 13.3. The third kappa shape index (κ3) is 4.44. The number of rotatable bonds is 3. The quantitative estimate of drug-likeness (QED) is 0.757. The van der Waals surface area contributed by atoms with Crippen molar-refractivity contribution in [2.75, 3.05) is 0 Å². The predicted molar refractivity (Wildman–Crippen MR) is 105 cm³/mol. The van der Waals surface area contributed by atoms with Crippen LogP contribution in [0.5, 0.6) is 0 Å². The summed E-state index contributed by atoms with van der Waals surface area (Å²) in [5, 5.41) is 5.23. The second kappa shape index (κ2) is 7.65. The number of benzene rings is 1. The summed E-state index contributed by atoms with van der Waals surface area (Å²) in [6.45, 7) is 7.00. The number of imide groups is 1. The first-order valence-electron chi connectivity index (χ1n) is 9.38. The van der Waals surface area contributed by atoms with E-state index in [1.165, 1.54) is 4.57 Å². The summed E-state index contributed by atoms with van der Waals surface area (Å²) in [5.41, 5.74) is 0.00928. The number of carbonyl (C=O) groups is 3. The first-order valence-corrected chi connectivity index (χ1v) is 9.38. The van der Waals surface area contributed by atoms with Crippen molar-refractivity contribution in [3.63, 3.8) is 0 Å². The van der Waals surface area contributed by atoms with Crippen molar-refractivity contribution in [1.82, 2.24) is 20.2 Å². The summed E-state index contributed by atoms with van der Waals surface area (Å²) in [6, 6.07) is 4.36. The van der Waals surface area contributed by atoms with Gasteiger partial charge in [0.25, 0.3) is 5.56 Å². The molecule has 0 radical (unpaired) electrons. The van der Waals surface area contributed by atoms with Gasteiger partial charge in [0.1, 0.15) is 17.5 Å². The van der Waals surface area contributed by atoms with Crippen LogP contribution in [0.15, 0.2) is 23.0 Å². The van der Waals surface area contributed by atoms with Crippen LogP contribution in [0, 0.1) is 6.92 Å². The molecule has 1 aliphatic heterocycles. The smallest absolute Gasteiger partial charge is 0.407 e. The van der Waals surface area contributed by atoms with E-state index in [1.54, 1.807) is 45.9 Å². The lowest BCUT2D eigenvalue weighted by atomic mass is 10.0. The highest BCUT2D eigenvalue weighted by atomic mass is 16.6. The first-order chi connectivity index (χ1) is 13.6. The van der Waals surface area contributed by atoms with Crippen LogP contribution in [0.2, 0.25) is 0 Å². The average molecular weight is 400 g/mol. The number of hydrogen-bond donors (Lipinski definition) is 2. The van der Waals surface area contributed by atoms with E-state index >= 15 is 0 Å². The number of nitrogens with zero attached hydrogens (tertiary/aromatic N) is 2. The van der Waals surface area contributed by atoms with Crippen LogP contribution in [0.4, 0.5) is 4.79 Å². The second-order valence-corrected chi connectivity index (χ2v) is 7.97. The molecule has 9 nitrogen and oxygen atoms in total. The summed E-state index contributed by atoms with van der Waals surface area (Å²) in [6.07, 6.45) is -0.209. The molecule has 1 aliphatic rings. The van der Waals surface area contributed by atoms with Gasteiger partial charge in [0.15, 0.2) is 0 Å². The van der Waals surface area contributed by atoms with E-state index in [1.807, 2.05) is 0 Å². The van der Waals surface area contributed by atoms with Crippen LogP contribution in [0.3, 0.4) is 0 Å². The minimum Gasteiger partial charge on any atom is -0.444 e. The van der Waals surface area contributed by atoms with Crippen molar-refractivity contribution >= 4 is 28.8 Å². The van der Waals surface area contributed by atoms with E-state index in [2.05, 4.69) is 15.6 Å². The SMILES string of the molecule is Cc1nc2cccc(CNC(=O)OC(C)(C)C)c2c(=O)n1[C@@H]1CCC(=O)NC1=O. The van der Waals surface area contributed by atoms with Gasteiger partial charge in [-0.2, -0.15) is 0 Å². The summed E-state index contributed by atoms with van der Waals surface area (Å²) < 4.78 is 6.55. The van der Waals surface area contributed by atoms with Crippen LogP contribution in [0.1, 0.15) is 51.0 Å². The van der Waals surface area contributed by atoms with Gasteiger partial charge in [-0.05, 0) is 45.7 Å². The topological polar surface area (TPSA) is 119 Å². The number of hydrogen-bond acceptors (Lipinski definition) is 6. The summed E-state index contributed by atoms with van der Waals surface area (Å²) >= 11 is 0. The third-order valence-corrected chi connectivity index (χ3v) is 4.54.